The summed E-state index contributed by atoms with van der Waals surface area (Å²) in [6.45, 7) is 6.34. The molecule has 0 amide bonds. The molecular weight excluding hydrogens is 286 g/mol. The second-order valence-corrected chi connectivity index (χ2v) is 7.59. The van der Waals surface area contributed by atoms with Crippen LogP contribution in [0.4, 0.5) is 0 Å². The maximum Gasteiger partial charge on any atom is 0.244 e. The van der Waals surface area contributed by atoms with Gasteiger partial charge in [0.25, 0.3) is 0 Å². The molecule has 5 nitrogen and oxygen atoms in total. The van der Waals surface area contributed by atoms with Crippen molar-refractivity contribution in [2.24, 2.45) is 0 Å². The van der Waals surface area contributed by atoms with Crippen LogP contribution in [0.25, 0.3) is 0 Å². The Morgan fingerprint density at radius 2 is 2.19 bits per heavy atom. The third kappa shape index (κ3) is 3.87. The Hall–Kier alpha value is -0.850. The Labute approximate surface area is 128 Å². The number of aromatic amines is 1. The predicted molar refractivity (Wildman–Crippen MR) is 84.6 cm³/mol. The highest BCUT2D eigenvalue weighted by molar-refractivity contribution is 7.89. The zero-order valence-corrected chi connectivity index (χ0v) is 13.9. The molecule has 0 bridgehead atoms. The average molecular weight is 313 g/mol. The number of hydrogen-bond acceptors (Lipinski definition) is 3. The van der Waals surface area contributed by atoms with Gasteiger partial charge in [0.05, 0.1) is 4.90 Å². The first kappa shape index (κ1) is 16.5. The highest BCUT2D eigenvalue weighted by Crippen LogP contribution is 2.28. The topological polar surface area (TPSA) is 65.2 Å². The number of H-pyrrole nitrogens is 1. The van der Waals surface area contributed by atoms with Crippen LogP contribution >= 0.6 is 0 Å². The van der Waals surface area contributed by atoms with E-state index < -0.39 is 10.0 Å². The van der Waals surface area contributed by atoms with Gasteiger partial charge >= 0.3 is 0 Å². The minimum absolute atomic E-state index is 0.167. The third-order valence-electron chi connectivity index (χ3n) is 4.08. The van der Waals surface area contributed by atoms with Gasteiger partial charge in [-0.2, -0.15) is 4.31 Å². The van der Waals surface area contributed by atoms with Crippen LogP contribution in [0.5, 0.6) is 0 Å². The Morgan fingerprint density at radius 3 is 2.90 bits per heavy atom. The van der Waals surface area contributed by atoms with E-state index >= 15 is 0 Å². The van der Waals surface area contributed by atoms with Crippen LogP contribution in [0, 0.1) is 0 Å². The number of nitrogens with zero attached hydrogens (tertiary/aromatic N) is 1. The normalized spacial score (nSPS) is 20.8. The maximum atomic E-state index is 12.8. The van der Waals surface area contributed by atoms with Crippen molar-refractivity contribution in [1.82, 2.24) is 14.6 Å². The van der Waals surface area contributed by atoms with E-state index in [1.807, 2.05) is 6.92 Å². The van der Waals surface area contributed by atoms with Crippen LogP contribution in [0.3, 0.4) is 0 Å². The highest BCUT2D eigenvalue weighted by atomic mass is 32.2. The van der Waals surface area contributed by atoms with E-state index in [-0.39, 0.29) is 6.04 Å². The van der Waals surface area contributed by atoms with Crippen molar-refractivity contribution in [3.63, 3.8) is 0 Å². The van der Waals surface area contributed by atoms with Crippen molar-refractivity contribution >= 4 is 10.0 Å². The molecule has 0 spiro atoms. The lowest BCUT2D eigenvalue weighted by Crippen LogP contribution is -2.43. The summed E-state index contributed by atoms with van der Waals surface area (Å²) >= 11 is 0. The van der Waals surface area contributed by atoms with Gasteiger partial charge in [-0.15, -0.1) is 0 Å². The monoisotopic (exact) mass is 313 g/mol. The highest BCUT2D eigenvalue weighted by Gasteiger charge is 2.33. The van der Waals surface area contributed by atoms with Crippen molar-refractivity contribution in [2.75, 3.05) is 13.1 Å². The van der Waals surface area contributed by atoms with Crippen molar-refractivity contribution in [2.45, 2.75) is 63.4 Å². The lowest BCUT2D eigenvalue weighted by Gasteiger charge is -2.34. The number of hydrogen-bond donors (Lipinski definition) is 2. The quantitative estimate of drug-likeness (QED) is 0.813. The van der Waals surface area contributed by atoms with E-state index in [4.69, 9.17) is 0 Å². The van der Waals surface area contributed by atoms with Gasteiger partial charge in [-0.1, -0.05) is 26.7 Å². The Kier molecular flexibility index (Phi) is 5.84. The summed E-state index contributed by atoms with van der Waals surface area (Å²) < 4.78 is 27.4. The van der Waals surface area contributed by atoms with Gasteiger partial charge in [0.1, 0.15) is 0 Å². The Morgan fingerprint density at radius 1 is 1.38 bits per heavy atom. The molecule has 2 heterocycles. The summed E-state index contributed by atoms with van der Waals surface area (Å²) in [6, 6.07) is 1.93. The fraction of sp³-hybridized carbons (Fsp3) is 0.733. The average Bonchev–Trinajstić information content (AvgIpc) is 2.95. The zero-order chi connectivity index (χ0) is 15.3. The van der Waals surface area contributed by atoms with Gasteiger partial charge < -0.3 is 10.3 Å². The van der Waals surface area contributed by atoms with Gasteiger partial charge in [-0.25, -0.2) is 8.42 Å². The van der Waals surface area contributed by atoms with E-state index in [1.54, 1.807) is 16.6 Å². The molecule has 1 aromatic rings. The van der Waals surface area contributed by atoms with Gasteiger partial charge in [0.2, 0.25) is 10.0 Å². The molecule has 1 fully saturated rings. The molecule has 120 valence electrons. The van der Waals surface area contributed by atoms with E-state index in [9.17, 15) is 8.42 Å². The number of piperidine rings is 1. The Balaban J connectivity index is 2.17. The Bertz CT molecular complexity index is 537. The molecule has 21 heavy (non-hydrogen) atoms. The molecule has 1 aromatic heterocycles. The van der Waals surface area contributed by atoms with Gasteiger partial charge in [-0.05, 0) is 31.9 Å². The smallest absolute Gasteiger partial charge is 0.244 e. The number of sulfonamides is 1. The minimum atomic E-state index is -3.36. The van der Waals surface area contributed by atoms with Crippen LogP contribution in [-0.4, -0.2) is 36.8 Å². The standard InChI is InChI=1S/C15H27N3O2S/c1-3-7-14-8-5-6-9-18(14)21(19,20)15-10-13(17-12-15)11-16-4-2/h10,12,14,16-17H,3-9,11H2,1-2H3. The lowest BCUT2D eigenvalue weighted by molar-refractivity contribution is 0.239. The van der Waals surface area contributed by atoms with Crippen molar-refractivity contribution in [1.29, 1.82) is 0 Å². The summed E-state index contributed by atoms with van der Waals surface area (Å²) in [6.07, 6.45) is 6.69. The fourth-order valence-electron chi connectivity index (χ4n) is 2.98. The molecule has 1 aliphatic rings. The lowest BCUT2D eigenvalue weighted by atomic mass is 10.0. The van der Waals surface area contributed by atoms with Crippen LogP contribution in [0.15, 0.2) is 17.2 Å². The number of aromatic nitrogens is 1. The van der Waals surface area contributed by atoms with Crippen molar-refractivity contribution in [3.05, 3.63) is 18.0 Å². The minimum Gasteiger partial charge on any atom is -0.363 e. The predicted octanol–water partition coefficient (Wildman–Crippen LogP) is 2.47. The zero-order valence-electron chi connectivity index (χ0n) is 13.1. The summed E-state index contributed by atoms with van der Waals surface area (Å²) in [5, 5.41) is 3.20. The molecule has 0 radical (unpaired) electrons. The van der Waals surface area contributed by atoms with Crippen LogP contribution in [0.2, 0.25) is 0 Å². The molecule has 2 N–H and O–H groups in total. The SMILES string of the molecule is CCCC1CCCCN1S(=O)(=O)c1c[nH]c(CNCC)c1. The number of rotatable bonds is 7. The molecule has 6 heteroatoms. The molecule has 2 rings (SSSR count). The fourth-order valence-corrected chi connectivity index (χ4v) is 4.72. The summed E-state index contributed by atoms with van der Waals surface area (Å²) in [5.41, 5.74) is 0.916. The maximum absolute atomic E-state index is 12.8. The molecule has 1 aliphatic heterocycles. The molecule has 0 saturated carbocycles. The number of nitrogens with one attached hydrogen (secondary N) is 2. The molecule has 1 saturated heterocycles. The van der Waals surface area contributed by atoms with E-state index in [1.165, 1.54) is 0 Å². The summed E-state index contributed by atoms with van der Waals surface area (Å²) in [4.78, 5) is 3.47. The molecular formula is C15H27N3O2S. The molecule has 0 aliphatic carbocycles. The van der Waals surface area contributed by atoms with Gasteiger partial charge in [0, 0.05) is 31.0 Å². The third-order valence-corrected chi connectivity index (χ3v) is 6.01. The summed E-state index contributed by atoms with van der Waals surface area (Å²) in [7, 11) is -3.36. The first-order chi connectivity index (χ1) is 10.1. The van der Waals surface area contributed by atoms with E-state index in [0.717, 1.165) is 44.3 Å². The summed E-state index contributed by atoms with van der Waals surface area (Å²) in [5.74, 6) is 0. The molecule has 1 atom stereocenters. The van der Waals surface area contributed by atoms with Gasteiger partial charge in [-0.3, -0.25) is 0 Å². The molecule has 1 unspecified atom stereocenters. The first-order valence-electron chi connectivity index (χ1n) is 7.99. The second-order valence-electron chi connectivity index (χ2n) is 5.69. The van der Waals surface area contributed by atoms with Crippen molar-refractivity contribution < 1.29 is 8.42 Å². The van der Waals surface area contributed by atoms with Gasteiger partial charge in [0.15, 0.2) is 0 Å². The van der Waals surface area contributed by atoms with Crippen LogP contribution in [-0.2, 0) is 16.6 Å². The largest absolute Gasteiger partial charge is 0.363 e. The van der Waals surface area contributed by atoms with E-state index in [2.05, 4.69) is 17.2 Å². The first-order valence-corrected chi connectivity index (χ1v) is 9.43. The second kappa shape index (κ2) is 7.42. The van der Waals surface area contributed by atoms with Crippen LogP contribution in [0.1, 0.15) is 51.6 Å². The van der Waals surface area contributed by atoms with E-state index in [0.29, 0.717) is 18.0 Å². The van der Waals surface area contributed by atoms with Crippen LogP contribution < -0.4 is 5.32 Å². The molecule has 0 aromatic carbocycles. The van der Waals surface area contributed by atoms with Crippen molar-refractivity contribution in [3.8, 4) is 0 Å².